The maximum absolute atomic E-state index is 12.1. The molecule has 0 amide bonds. The van der Waals surface area contributed by atoms with E-state index >= 15 is 0 Å². The molecule has 2 saturated carbocycles. The Hall–Kier alpha value is -3.42. The standard InChI is InChI=1S/C46H66O7/c1-7-9-24-51-44-23-21-41(25-36(44)8-2)42-22-20-40(26-43(42)31(3)4)39-18-16-38(17-19-39)37-14-12-34(13-15-37)10-11-35(29-52-45(49)32(5)27-47)30-53-46(50)33(6)28-48/h20-23,25-26,31,34-35,37-39,47-48H,5-19,24,27-30H2,1-4H3. The van der Waals surface area contributed by atoms with Crippen LogP contribution < -0.4 is 4.74 Å². The molecule has 2 aliphatic carbocycles. The number of benzene rings is 2. The van der Waals surface area contributed by atoms with Crippen LogP contribution >= 0.6 is 0 Å². The molecule has 2 N–H and O–H groups in total. The smallest absolute Gasteiger partial charge is 0.335 e. The third-order valence-corrected chi connectivity index (χ3v) is 11.8. The maximum atomic E-state index is 12.1. The Bertz CT molecular complexity index is 1460. The van der Waals surface area contributed by atoms with Crippen LogP contribution in [0.1, 0.15) is 133 Å². The quantitative estimate of drug-likeness (QED) is 0.0795. The van der Waals surface area contributed by atoms with Gasteiger partial charge >= 0.3 is 11.9 Å². The highest BCUT2D eigenvalue weighted by Crippen LogP contribution is 2.45. The van der Waals surface area contributed by atoms with Gasteiger partial charge in [-0.2, -0.15) is 0 Å². The summed E-state index contributed by atoms with van der Waals surface area (Å²) in [7, 11) is 0. The van der Waals surface area contributed by atoms with Crippen LogP contribution in [0.4, 0.5) is 0 Å². The van der Waals surface area contributed by atoms with E-state index in [-0.39, 0.29) is 30.3 Å². The zero-order chi connectivity index (χ0) is 38.3. The lowest BCUT2D eigenvalue weighted by molar-refractivity contribution is -0.144. The Labute approximate surface area is 319 Å². The fourth-order valence-corrected chi connectivity index (χ4v) is 8.34. The number of aliphatic hydroxyl groups is 2. The highest BCUT2D eigenvalue weighted by Gasteiger charge is 2.32. The third kappa shape index (κ3) is 12.3. The lowest BCUT2D eigenvalue weighted by atomic mass is 9.67. The van der Waals surface area contributed by atoms with Crippen molar-refractivity contribution in [2.45, 2.75) is 123 Å². The van der Waals surface area contributed by atoms with Crippen molar-refractivity contribution in [3.8, 4) is 16.9 Å². The van der Waals surface area contributed by atoms with E-state index in [0.717, 1.165) is 56.3 Å². The number of unbranched alkanes of at least 4 members (excludes halogenated alkanes) is 1. The van der Waals surface area contributed by atoms with Crippen molar-refractivity contribution >= 4 is 11.9 Å². The normalized spacial score (nSPS) is 20.3. The molecule has 0 bridgehead atoms. The average Bonchev–Trinajstić information content (AvgIpc) is 3.19. The summed E-state index contributed by atoms with van der Waals surface area (Å²) in [6.07, 6.45) is 14.9. The molecule has 7 nitrogen and oxygen atoms in total. The van der Waals surface area contributed by atoms with Crippen LogP contribution in [0.15, 0.2) is 60.7 Å². The van der Waals surface area contributed by atoms with Crippen molar-refractivity contribution in [2.75, 3.05) is 33.0 Å². The first-order valence-electron chi connectivity index (χ1n) is 20.4. The van der Waals surface area contributed by atoms with Gasteiger partial charge in [-0.05, 0) is 134 Å². The molecule has 2 aromatic carbocycles. The molecule has 0 heterocycles. The molecule has 7 heteroatoms. The highest BCUT2D eigenvalue weighted by molar-refractivity contribution is 5.88. The second-order valence-corrected chi connectivity index (χ2v) is 15.9. The molecule has 4 rings (SSSR count). The SMILES string of the molecule is C=C(CO)C(=O)OCC(CCC1CCC(C2CCC(c3ccc(-c4ccc(OCCCC)c(CC)c4)c(C(C)C)c3)CC2)CC1)COC(=O)C(=C)CO. The molecule has 2 fully saturated rings. The van der Waals surface area contributed by atoms with Crippen LogP contribution in [0, 0.1) is 23.7 Å². The molecule has 0 unspecified atom stereocenters. The van der Waals surface area contributed by atoms with Gasteiger partial charge < -0.3 is 24.4 Å². The zero-order valence-electron chi connectivity index (χ0n) is 33.0. The van der Waals surface area contributed by atoms with Gasteiger partial charge in [-0.1, -0.05) is 84.4 Å². The third-order valence-electron chi connectivity index (χ3n) is 11.8. The van der Waals surface area contributed by atoms with Gasteiger partial charge in [0.05, 0.1) is 44.2 Å². The number of carbonyl (C=O) groups is 2. The first kappa shape index (κ1) is 42.3. The largest absolute Gasteiger partial charge is 0.493 e. The molecular weight excluding hydrogens is 664 g/mol. The van der Waals surface area contributed by atoms with Crippen molar-refractivity contribution in [2.24, 2.45) is 23.7 Å². The summed E-state index contributed by atoms with van der Waals surface area (Å²) >= 11 is 0. The Morgan fingerprint density at radius 1 is 0.811 bits per heavy atom. The van der Waals surface area contributed by atoms with Crippen molar-refractivity contribution in [3.05, 3.63) is 77.4 Å². The van der Waals surface area contributed by atoms with Crippen LogP contribution in [-0.4, -0.2) is 55.2 Å². The molecule has 2 aliphatic rings. The molecule has 0 aliphatic heterocycles. The van der Waals surface area contributed by atoms with E-state index in [4.69, 9.17) is 14.2 Å². The molecule has 53 heavy (non-hydrogen) atoms. The van der Waals surface area contributed by atoms with Crippen molar-refractivity contribution < 1.29 is 34.0 Å². The monoisotopic (exact) mass is 730 g/mol. The molecule has 0 aromatic heterocycles. The van der Waals surface area contributed by atoms with Gasteiger partial charge in [0.15, 0.2) is 0 Å². The Morgan fingerprint density at radius 2 is 1.42 bits per heavy atom. The molecule has 0 saturated heterocycles. The zero-order valence-corrected chi connectivity index (χ0v) is 33.0. The number of ether oxygens (including phenoxy) is 3. The number of esters is 2. The van der Waals surface area contributed by atoms with Gasteiger partial charge in [-0.15, -0.1) is 0 Å². The fourth-order valence-electron chi connectivity index (χ4n) is 8.34. The Kier molecular flexibility index (Phi) is 17.1. The lowest BCUT2D eigenvalue weighted by Crippen LogP contribution is -2.26. The molecule has 2 aromatic rings. The molecule has 0 radical (unpaired) electrons. The summed E-state index contributed by atoms with van der Waals surface area (Å²) in [5.41, 5.74) is 6.85. The molecule has 0 spiro atoms. The highest BCUT2D eigenvalue weighted by atomic mass is 16.5. The number of aryl methyl sites for hydroxylation is 1. The minimum atomic E-state index is -0.642. The predicted octanol–water partition coefficient (Wildman–Crippen LogP) is 9.88. The first-order chi connectivity index (χ1) is 25.6. The van der Waals surface area contributed by atoms with Gasteiger partial charge in [0.2, 0.25) is 0 Å². The minimum Gasteiger partial charge on any atom is -0.493 e. The average molecular weight is 731 g/mol. The van der Waals surface area contributed by atoms with Crippen LogP contribution in [-0.2, 0) is 25.5 Å². The number of hydrogen-bond acceptors (Lipinski definition) is 7. The Balaban J connectivity index is 1.28. The van der Waals surface area contributed by atoms with Crippen LogP contribution in [0.3, 0.4) is 0 Å². The van der Waals surface area contributed by atoms with E-state index in [0.29, 0.717) is 17.8 Å². The van der Waals surface area contributed by atoms with Gasteiger partial charge in [0, 0.05) is 5.92 Å². The summed E-state index contributed by atoms with van der Waals surface area (Å²) in [4.78, 5) is 24.2. The van der Waals surface area contributed by atoms with Crippen LogP contribution in [0.2, 0.25) is 0 Å². The summed E-state index contributed by atoms with van der Waals surface area (Å²) in [6.45, 7) is 16.1. The summed E-state index contributed by atoms with van der Waals surface area (Å²) in [5, 5.41) is 18.4. The van der Waals surface area contributed by atoms with Gasteiger partial charge in [0.1, 0.15) is 5.75 Å². The minimum absolute atomic E-state index is 0.00363. The van der Waals surface area contributed by atoms with Crippen LogP contribution in [0.25, 0.3) is 11.1 Å². The fraction of sp³-hybridized carbons (Fsp3) is 0.609. The second kappa shape index (κ2) is 21.5. The van der Waals surface area contributed by atoms with Gasteiger partial charge in [-0.25, -0.2) is 9.59 Å². The molecule has 0 atom stereocenters. The van der Waals surface area contributed by atoms with Crippen molar-refractivity contribution in [1.82, 2.24) is 0 Å². The van der Waals surface area contributed by atoms with E-state index in [2.05, 4.69) is 77.3 Å². The van der Waals surface area contributed by atoms with E-state index in [9.17, 15) is 19.8 Å². The Morgan fingerprint density at radius 3 is 1.96 bits per heavy atom. The first-order valence-corrected chi connectivity index (χ1v) is 20.4. The van der Waals surface area contributed by atoms with Crippen molar-refractivity contribution in [3.63, 3.8) is 0 Å². The summed E-state index contributed by atoms with van der Waals surface area (Å²) in [6, 6.07) is 14.0. The van der Waals surface area contributed by atoms with Crippen molar-refractivity contribution in [1.29, 1.82) is 0 Å². The second-order valence-electron chi connectivity index (χ2n) is 15.9. The van der Waals surface area contributed by atoms with E-state index in [1.165, 1.54) is 79.2 Å². The van der Waals surface area contributed by atoms with E-state index in [1.807, 2.05) is 0 Å². The topological polar surface area (TPSA) is 102 Å². The van der Waals surface area contributed by atoms with Crippen LogP contribution in [0.5, 0.6) is 5.75 Å². The summed E-state index contributed by atoms with van der Waals surface area (Å²) < 4.78 is 16.8. The van der Waals surface area contributed by atoms with Gasteiger partial charge in [-0.3, -0.25) is 0 Å². The predicted molar refractivity (Wildman–Crippen MR) is 213 cm³/mol. The molecule has 292 valence electrons. The number of rotatable bonds is 20. The number of carbonyl (C=O) groups excluding carboxylic acids is 2. The summed E-state index contributed by atoms with van der Waals surface area (Å²) in [5.74, 6) is 2.81. The van der Waals surface area contributed by atoms with E-state index < -0.39 is 25.2 Å². The van der Waals surface area contributed by atoms with E-state index in [1.54, 1.807) is 0 Å². The number of aliphatic hydroxyl groups excluding tert-OH is 2. The number of hydrogen-bond donors (Lipinski definition) is 2. The molecular formula is C46H66O7. The maximum Gasteiger partial charge on any atom is 0.335 e. The lowest BCUT2D eigenvalue weighted by Gasteiger charge is -2.38. The van der Waals surface area contributed by atoms with Gasteiger partial charge in [0.25, 0.3) is 0 Å².